The Morgan fingerprint density at radius 3 is 3.00 bits per heavy atom. The molecule has 0 amide bonds. The van der Waals surface area contributed by atoms with E-state index in [9.17, 15) is 14.5 Å². The summed E-state index contributed by atoms with van der Waals surface area (Å²) < 4.78 is 13.5. The number of anilines is 1. The van der Waals surface area contributed by atoms with Crippen LogP contribution < -0.4 is 5.32 Å². The lowest BCUT2D eigenvalue weighted by atomic mass is 10.2. The summed E-state index contributed by atoms with van der Waals surface area (Å²) >= 11 is 5.59. The molecule has 20 heavy (non-hydrogen) atoms. The predicted molar refractivity (Wildman–Crippen MR) is 76.8 cm³/mol. The van der Waals surface area contributed by atoms with Gasteiger partial charge in [-0.25, -0.2) is 4.39 Å². The SMILES string of the molecule is CCN1CCCC1CNc1cc(F)c(Cl)cc1[N+](=O)[O-]. The third kappa shape index (κ3) is 3.19. The highest BCUT2D eigenvalue weighted by molar-refractivity contribution is 6.31. The first kappa shape index (κ1) is 15.0. The smallest absolute Gasteiger partial charge is 0.294 e. The van der Waals surface area contributed by atoms with Crippen molar-refractivity contribution in [1.29, 1.82) is 0 Å². The summed E-state index contributed by atoms with van der Waals surface area (Å²) in [5.74, 6) is -0.654. The summed E-state index contributed by atoms with van der Waals surface area (Å²) in [6.45, 7) is 4.64. The molecule has 0 bridgehead atoms. The Morgan fingerprint density at radius 1 is 1.60 bits per heavy atom. The standard InChI is InChI=1S/C13H17ClFN3O2/c1-2-17-5-3-4-9(17)8-16-12-7-11(15)10(14)6-13(12)18(19)20/h6-7,9,16H,2-5,8H2,1H3. The Balaban J connectivity index is 2.12. The molecule has 5 nitrogen and oxygen atoms in total. The maximum Gasteiger partial charge on any atom is 0.294 e. The minimum absolute atomic E-state index is 0.180. The molecule has 2 rings (SSSR count). The van der Waals surface area contributed by atoms with Gasteiger partial charge >= 0.3 is 0 Å². The van der Waals surface area contributed by atoms with E-state index >= 15 is 0 Å². The Bertz CT molecular complexity index is 513. The number of nitro benzene ring substituents is 1. The van der Waals surface area contributed by atoms with Crippen molar-refractivity contribution in [3.8, 4) is 0 Å². The van der Waals surface area contributed by atoms with Crippen LogP contribution in [0.15, 0.2) is 12.1 Å². The number of likely N-dealkylation sites (tertiary alicyclic amines) is 1. The van der Waals surface area contributed by atoms with Crippen molar-refractivity contribution in [1.82, 2.24) is 4.90 Å². The average molecular weight is 302 g/mol. The Kier molecular flexibility index (Phi) is 4.77. The van der Waals surface area contributed by atoms with Crippen molar-refractivity contribution in [2.24, 2.45) is 0 Å². The molecular formula is C13H17ClFN3O2. The van der Waals surface area contributed by atoms with E-state index in [4.69, 9.17) is 11.6 Å². The van der Waals surface area contributed by atoms with Crippen molar-refractivity contribution < 1.29 is 9.31 Å². The van der Waals surface area contributed by atoms with Crippen LogP contribution in [0.2, 0.25) is 5.02 Å². The predicted octanol–water partition coefficient (Wildman–Crippen LogP) is 3.28. The summed E-state index contributed by atoms with van der Waals surface area (Å²) in [5, 5.41) is 13.7. The van der Waals surface area contributed by atoms with Gasteiger partial charge in [0.05, 0.1) is 9.95 Å². The van der Waals surface area contributed by atoms with Gasteiger partial charge in [-0.2, -0.15) is 0 Å². The number of rotatable bonds is 5. The molecule has 1 heterocycles. The maximum absolute atomic E-state index is 13.5. The highest BCUT2D eigenvalue weighted by atomic mass is 35.5. The second kappa shape index (κ2) is 6.37. The maximum atomic E-state index is 13.5. The van der Waals surface area contributed by atoms with Crippen LogP contribution in [0.1, 0.15) is 19.8 Å². The highest BCUT2D eigenvalue weighted by Gasteiger charge is 2.24. The third-order valence-corrected chi connectivity index (χ3v) is 3.96. The summed E-state index contributed by atoms with van der Waals surface area (Å²) in [6, 6.07) is 2.47. The molecular weight excluding hydrogens is 285 g/mol. The zero-order valence-corrected chi connectivity index (χ0v) is 12.0. The molecule has 1 aromatic carbocycles. The minimum atomic E-state index is -0.654. The number of halogens is 2. The van der Waals surface area contributed by atoms with E-state index in [-0.39, 0.29) is 16.4 Å². The van der Waals surface area contributed by atoms with Crippen LogP contribution in [0.25, 0.3) is 0 Å². The van der Waals surface area contributed by atoms with Crippen LogP contribution in [0.4, 0.5) is 15.8 Å². The first-order valence-electron chi connectivity index (χ1n) is 6.64. The van der Waals surface area contributed by atoms with E-state index in [0.717, 1.165) is 38.1 Å². The average Bonchev–Trinajstić information content (AvgIpc) is 2.86. The van der Waals surface area contributed by atoms with Gasteiger partial charge in [0, 0.05) is 24.7 Å². The molecule has 0 aromatic heterocycles. The Morgan fingerprint density at radius 2 is 2.35 bits per heavy atom. The van der Waals surface area contributed by atoms with E-state index < -0.39 is 10.7 Å². The van der Waals surface area contributed by atoms with Gasteiger partial charge in [0.1, 0.15) is 11.5 Å². The number of hydrogen-bond donors (Lipinski definition) is 1. The fraction of sp³-hybridized carbons (Fsp3) is 0.538. The van der Waals surface area contributed by atoms with Gasteiger partial charge < -0.3 is 5.32 Å². The highest BCUT2D eigenvalue weighted by Crippen LogP contribution is 2.30. The molecule has 1 N–H and O–H groups in total. The first-order valence-corrected chi connectivity index (χ1v) is 7.02. The van der Waals surface area contributed by atoms with Crippen molar-refractivity contribution in [3.63, 3.8) is 0 Å². The van der Waals surface area contributed by atoms with Gasteiger partial charge in [-0.1, -0.05) is 18.5 Å². The molecule has 0 radical (unpaired) electrons. The third-order valence-electron chi connectivity index (χ3n) is 3.67. The molecule has 0 aliphatic carbocycles. The number of hydrogen-bond acceptors (Lipinski definition) is 4. The van der Waals surface area contributed by atoms with Crippen molar-refractivity contribution in [2.75, 3.05) is 25.0 Å². The lowest BCUT2D eigenvalue weighted by molar-refractivity contribution is -0.384. The fourth-order valence-electron chi connectivity index (χ4n) is 2.60. The monoisotopic (exact) mass is 301 g/mol. The van der Waals surface area contributed by atoms with E-state index in [2.05, 4.69) is 17.1 Å². The van der Waals surface area contributed by atoms with Crippen LogP contribution in [-0.4, -0.2) is 35.5 Å². The van der Waals surface area contributed by atoms with E-state index in [0.29, 0.717) is 12.6 Å². The molecule has 0 saturated carbocycles. The summed E-state index contributed by atoms with van der Waals surface area (Å²) in [6.07, 6.45) is 2.17. The molecule has 7 heteroatoms. The van der Waals surface area contributed by atoms with Gasteiger partial charge in [-0.15, -0.1) is 0 Å². The lowest BCUT2D eigenvalue weighted by Crippen LogP contribution is -2.34. The Hall–Kier alpha value is -1.40. The molecule has 110 valence electrons. The molecule has 1 atom stereocenters. The number of benzene rings is 1. The Labute approximate surface area is 121 Å². The molecule has 1 fully saturated rings. The van der Waals surface area contributed by atoms with E-state index in [1.54, 1.807) is 0 Å². The summed E-state index contributed by atoms with van der Waals surface area (Å²) in [4.78, 5) is 12.7. The van der Waals surface area contributed by atoms with Crippen LogP contribution in [-0.2, 0) is 0 Å². The molecule has 1 aromatic rings. The summed E-state index contributed by atoms with van der Waals surface area (Å²) in [5.41, 5.74) is -0.0164. The zero-order chi connectivity index (χ0) is 14.7. The van der Waals surface area contributed by atoms with Crippen LogP contribution in [0.5, 0.6) is 0 Å². The number of likely N-dealkylation sites (N-methyl/N-ethyl adjacent to an activating group) is 1. The first-order chi connectivity index (χ1) is 9.52. The van der Waals surface area contributed by atoms with Crippen molar-refractivity contribution in [3.05, 3.63) is 33.1 Å². The van der Waals surface area contributed by atoms with E-state index in [1.807, 2.05) is 0 Å². The van der Waals surface area contributed by atoms with Gasteiger partial charge in [0.2, 0.25) is 0 Å². The van der Waals surface area contributed by atoms with Crippen LogP contribution in [0, 0.1) is 15.9 Å². The van der Waals surface area contributed by atoms with Crippen LogP contribution in [0.3, 0.4) is 0 Å². The topological polar surface area (TPSA) is 58.4 Å². The normalized spacial score (nSPS) is 19.2. The second-order valence-corrected chi connectivity index (χ2v) is 5.25. The van der Waals surface area contributed by atoms with Crippen LogP contribution >= 0.6 is 11.6 Å². The molecule has 1 aliphatic rings. The van der Waals surface area contributed by atoms with E-state index in [1.165, 1.54) is 0 Å². The number of nitrogens with one attached hydrogen (secondary N) is 1. The zero-order valence-electron chi connectivity index (χ0n) is 11.2. The minimum Gasteiger partial charge on any atom is -0.378 e. The quantitative estimate of drug-likeness (QED) is 0.670. The van der Waals surface area contributed by atoms with Gasteiger partial charge in [0.15, 0.2) is 0 Å². The van der Waals surface area contributed by atoms with Crippen molar-refractivity contribution in [2.45, 2.75) is 25.8 Å². The van der Waals surface area contributed by atoms with Gasteiger partial charge in [-0.05, 0) is 25.9 Å². The largest absolute Gasteiger partial charge is 0.378 e. The van der Waals surface area contributed by atoms with Gasteiger partial charge in [-0.3, -0.25) is 15.0 Å². The molecule has 1 unspecified atom stereocenters. The fourth-order valence-corrected chi connectivity index (χ4v) is 2.76. The number of nitrogens with zero attached hydrogens (tertiary/aromatic N) is 2. The molecule has 0 spiro atoms. The molecule has 1 saturated heterocycles. The van der Waals surface area contributed by atoms with Gasteiger partial charge in [0.25, 0.3) is 5.69 Å². The number of nitro groups is 1. The van der Waals surface area contributed by atoms with Crippen molar-refractivity contribution >= 4 is 23.0 Å². The second-order valence-electron chi connectivity index (χ2n) is 4.85. The lowest BCUT2D eigenvalue weighted by Gasteiger charge is -2.23. The summed E-state index contributed by atoms with van der Waals surface area (Å²) in [7, 11) is 0. The molecule has 1 aliphatic heterocycles.